The lowest BCUT2D eigenvalue weighted by molar-refractivity contribution is 0.278. The minimum atomic E-state index is -1.19. The van der Waals surface area contributed by atoms with Gasteiger partial charge in [-0.3, -0.25) is 0 Å². The smallest absolute Gasteiger partial charge is 0.106 e. The van der Waals surface area contributed by atoms with Crippen LogP contribution in [0.5, 0.6) is 0 Å². The van der Waals surface area contributed by atoms with E-state index < -0.39 is 11.0 Å². The third kappa shape index (κ3) is 5.52. The molecule has 4 nitrogen and oxygen atoms in total. The Morgan fingerprint density at radius 1 is 1.36 bits per heavy atom. The van der Waals surface area contributed by atoms with Crippen LogP contribution in [0.1, 0.15) is 31.9 Å². The predicted molar refractivity (Wildman–Crippen MR) is 108 cm³/mol. The van der Waals surface area contributed by atoms with Crippen molar-refractivity contribution >= 4 is 50.3 Å². The molecule has 2 rings (SSSR count). The highest BCUT2D eigenvalue weighted by atomic mass is 79.9. The van der Waals surface area contributed by atoms with Gasteiger partial charge in [-0.1, -0.05) is 45.4 Å². The summed E-state index contributed by atoms with van der Waals surface area (Å²) in [5.41, 5.74) is 1.64. The molecular weight excluding hydrogens is 444 g/mol. The molecule has 2 N–H and O–H groups in total. The fourth-order valence-electron chi connectivity index (χ4n) is 1.94. The first kappa shape index (κ1) is 20.9. The molecule has 0 fully saturated rings. The number of aromatic nitrogens is 1. The van der Waals surface area contributed by atoms with E-state index in [9.17, 15) is 9.32 Å². The molecule has 1 aromatic carbocycles. The molecule has 1 atom stereocenters. The molecule has 1 unspecified atom stereocenters. The van der Waals surface area contributed by atoms with Gasteiger partial charge in [-0.05, 0) is 44.5 Å². The number of hydrogen-bond acceptors (Lipinski definition) is 4. The molecule has 1 aromatic heterocycles. The Hall–Kier alpha value is -0.440. The summed E-state index contributed by atoms with van der Waals surface area (Å²) in [7, 11) is -1.19. The Kier molecular flexibility index (Phi) is 7.49. The summed E-state index contributed by atoms with van der Waals surface area (Å²) in [5, 5.41) is 10.8. The second-order valence-corrected chi connectivity index (χ2v) is 10.6. The Morgan fingerprint density at radius 3 is 2.72 bits per heavy atom. The van der Waals surface area contributed by atoms with E-state index in [1.54, 1.807) is 18.3 Å². The average Bonchev–Trinajstić information content (AvgIpc) is 2.57. The fourth-order valence-corrected chi connectivity index (χ4v) is 4.58. The van der Waals surface area contributed by atoms with E-state index in [4.69, 9.17) is 11.6 Å². The SMILES string of the molecule is CC(C)(C)S(=O)NCc1c(Br)ccc(Cl)c1Sc1ncccc1CO. The van der Waals surface area contributed by atoms with Crippen molar-refractivity contribution in [1.29, 1.82) is 0 Å². The number of aliphatic hydroxyl groups is 1. The predicted octanol–water partition coefficient (Wildman–Crippen LogP) is 4.69. The van der Waals surface area contributed by atoms with Gasteiger partial charge in [0.05, 0.1) is 27.4 Å². The van der Waals surface area contributed by atoms with Crippen LogP contribution in [0.15, 0.2) is 44.9 Å². The van der Waals surface area contributed by atoms with Crippen LogP contribution in [-0.4, -0.2) is 19.0 Å². The standard InChI is InChI=1S/C17H20BrClN2O2S2/c1-17(2,3)25(23)21-9-12-13(18)6-7-14(19)15(12)24-16-11(10-22)5-4-8-20-16/h4-8,21-22H,9-10H2,1-3H3. The van der Waals surface area contributed by atoms with Gasteiger partial charge in [0.1, 0.15) is 5.03 Å². The molecule has 8 heteroatoms. The van der Waals surface area contributed by atoms with Gasteiger partial charge >= 0.3 is 0 Å². The number of pyridine rings is 1. The van der Waals surface area contributed by atoms with Gasteiger partial charge in [0, 0.05) is 27.7 Å². The van der Waals surface area contributed by atoms with E-state index in [2.05, 4.69) is 25.6 Å². The molecule has 25 heavy (non-hydrogen) atoms. The zero-order chi connectivity index (χ0) is 18.6. The molecule has 0 saturated carbocycles. The van der Waals surface area contributed by atoms with Crippen LogP contribution in [0, 0.1) is 0 Å². The van der Waals surface area contributed by atoms with Crippen LogP contribution < -0.4 is 4.72 Å². The number of aliphatic hydroxyl groups excluding tert-OH is 1. The summed E-state index contributed by atoms with van der Waals surface area (Å²) in [5.74, 6) is 0. The van der Waals surface area contributed by atoms with Crippen LogP contribution in [0.3, 0.4) is 0 Å². The van der Waals surface area contributed by atoms with Gasteiger partial charge in [0.25, 0.3) is 0 Å². The summed E-state index contributed by atoms with van der Waals surface area (Å²) >= 11 is 11.4. The van der Waals surface area contributed by atoms with Gasteiger partial charge in [0.2, 0.25) is 0 Å². The highest BCUT2D eigenvalue weighted by molar-refractivity contribution is 9.10. The number of nitrogens with one attached hydrogen (secondary N) is 1. The number of benzene rings is 1. The Bertz CT molecular complexity index is 782. The van der Waals surface area contributed by atoms with Crippen molar-refractivity contribution in [3.63, 3.8) is 0 Å². The van der Waals surface area contributed by atoms with Crippen LogP contribution >= 0.6 is 39.3 Å². The second kappa shape index (κ2) is 8.97. The lowest BCUT2D eigenvalue weighted by atomic mass is 10.2. The van der Waals surface area contributed by atoms with E-state index in [0.717, 1.165) is 20.5 Å². The Morgan fingerprint density at radius 2 is 2.08 bits per heavy atom. The Balaban J connectivity index is 2.34. The van der Waals surface area contributed by atoms with Crippen LogP contribution in [0.25, 0.3) is 0 Å². The monoisotopic (exact) mass is 462 g/mol. The van der Waals surface area contributed by atoms with Gasteiger partial charge in [-0.25, -0.2) is 13.9 Å². The zero-order valence-electron chi connectivity index (χ0n) is 14.2. The number of halogens is 2. The number of rotatable bonds is 6. The van der Waals surface area contributed by atoms with Crippen molar-refractivity contribution in [2.45, 2.75) is 48.6 Å². The van der Waals surface area contributed by atoms with Crippen LogP contribution in [-0.2, 0) is 24.1 Å². The molecule has 0 aliphatic carbocycles. The van der Waals surface area contributed by atoms with Crippen molar-refractivity contribution in [2.75, 3.05) is 0 Å². The lowest BCUT2D eigenvalue weighted by Gasteiger charge is -2.20. The molecule has 0 amide bonds. The molecule has 0 spiro atoms. The van der Waals surface area contributed by atoms with Crippen LogP contribution in [0.2, 0.25) is 5.02 Å². The Labute approximate surface area is 168 Å². The number of nitrogens with zero attached hydrogens (tertiary/aromatic N) is 1. The summed E-state index contributed by atoms with van der Waals surface area (Å²) in [6.07, 6.45) is 1.68. The molecule has 1 heterocycles. The van der Waals surface area contributed by atoms with E-state index in [0.29, 0.717) is 16.6 Å². The molecule has 0 radical (unpaired) electrons. The van der Waals surface area contributed by atoms with Crippen LogP contribution in [0.4, 0.5) is 0 Å². The first-order valence-electron chi connectivity index (χ1n) is 7.59. The average molecular weight is 464 g/mol. The summed E-state index contributed by atoms with van der Waals surface area (Å²) in [4.78, 5) is 5.16. The maximum absolute atomic E-state index is 12.3. The van der Waals surface area contributed by atoms with Gasteiger partial charge < -0.3 is 5.11 Å². The quantitative estimate of drug-likeness (QED) is 0.652. The summed E-state index contributed by atoms with van der Waals surface area (Å²) in [6, 6.07) is 7.29. The molecule has 136 valence electrons. The minimum Gasteiger partial charge on any atom is -0.392 e. The van der Waals surface area contributed by atoms with Crippen molar-refractivity contribution in [3.8, 4) is 0 Å². The van der Waals surface area contributed by atoms with Crippen molar-refractivity contribution < 1.29 is 9.32 Å². The second-order valence-electron chi connectivity index (χ2n) is 6.27. The van der Waals surface area contributed by atoms with Gasteiger partial charge in [0.15, 0.2) is 0 Å². The fraction of sp³-hybridized carbons (Fsp3) is 0.353. The number of hydrogen-bond donors (Lipinski definition) is 2. The van der Waals surface area contributed by atoms with E-state index in [1.165, 1.54) is 11.8 Å². The van der Waals surface area contributed by atoms with E-state index >= 15 is 0 Å². The maximum atomic E-state index is 12.3. The molecule has 0 aliphatic rings. The summed E-state index contributed by atoms with van der Waals surface area (Å²) < 4.78 is 15.9. The highest BCUT2D eigenvalue weighted by Crippen LogP contribution is 2.39. The highest BCUT2D eigenvalue weighted by Gasteiger charge is 2.21. The van der Waals surface area contributed by atoms with Gasteiger partial charge in [-0.2, -0.15) is 0 Å². The maximum Gasteiger partial charge on any atom is 0.106 e. The van der Waals surface area contributed by atoms with Crippen molar-refractivity contribution in [3.05, 3.63) is 51.1 Å². The molecular formula is C17H20BrClN2O2S2. The van der Waals surface area contributed by atoms with E-state index in [1.807, 2.05) is 32.9 Å². The first-order chi connectivity index (χ1) is 11.7. The molecule has 0 saturated heterocycles. The first-order valence-corrected chi connectivity index (χ1v) is 10.7. The normalized spacial score (nSPS) is 13.0. The van der Waals surface area contributed by atoms with E-state index in [-0.39, 0.29) is 11.4 Å². The molecule has 2 aromatic rings. The molecule has 0 aliphatic heterocycles. The zero-order valence-corrected chi connectivity index (χ0v) is 18.2. The largest absolute Gasteiger partial charge is 0.392 e. The third-order valence-electron chi connectivity index (χ3n) is 3.31. The lowest BCUT2D eigenvalue weighted by Crippen LogP contribution is -2.33. The molecule has 0 bridgehead atoms. The minimum absolute atomic E-state index is 0.0938. The van der Waals surface area contributed by atoms with Gasteiger partial charge in [-0.15, -0.1) is 0 Å². The third-order valence-corrected chi connectivity index (χ3v) is 7.23. The van der Waals surface area contributed by atoms with Crippen molar-refractivity contribution in [2.24, 2.45) is 0 Å². The summed E-state index contributed by atoms with van der Waals surface area (Å²) in [6.45, 7) is 6.05. The van der Waals surface area contributed by atoms with Crippen molar-refractivity contribution in [1.82, 2.24) is 9.71 Å². The topological polar surface area (TPSA) is 62.2 Å².